The van der Waals surface area contributed by atoms with Gasteiger partial charge in [0.25, 0.3) is 5.92 Å². The van der Waals surface area contributed by atoms with Gasteiger partial charge in [0, 0.05) is 17.8 Å². The van der Waals surface area contributed by atoms with Crippen LogP contribution in [-0.2, 0) is 17.1 Å². The van der Waals surface area contributed by atoms with E-state index < -0.39 is 78.2 Å². The highest BCUT2D eigenvalue weighted by atomic mass is 19.4. The van der Waals surface area contributed by atoms with Crippen molar-refractivity contribution in [2.75, 3.05) is 13.1 Å². The molecule has 13 heteroatoms. The van der Waals surface area contributed by atoms with Crippen molar-refractivity contribution in [3.05, 3.63) is 41.7 Å². The number of likely N-dealkylation sites (tertiary alicyclic amines) is 1. The van der Waals surface area contributed by atoms with Crippen LogP contribution >= 0.6 is 0 Å². The van der Waals surface area contributed by atoms with Gasteiger partial charge in [-0.1, -0.05) is 0 Å². The molecule has 0 saturated carbocycles. The zero-order valence-electron chi connectivity index (χ0n) is 16.9. The standard InChI is InChI=1S/C16H10F8N4O/c17-14(18)6-27(7-14)12(29)1-2-28-8-25-13(26-28)9-3-10(15(19,20)21)5-11(4-9)16(22,23)24/h1-5,8H,6-7H2/b2-1-/i1D,5D,8D. The monoisotopic (exact) mass is 429 g/mol. The SMILES string of the molecule is [2H]/C(=C/n1nc(-c2cc(C(F)(F)F)c([2H])c(C(F)(F)F)c2)nc1[2H])C(=O)N1CC(F)(F)C1. The first kappa shape index (κ1) is 16.9. The summed E-state index contributed by atoms with van der Waals surface area (Å²) in [6.07, 6.45) is -10.9. The summed E-state index contributed by atoms with van der Waals surface area (Å²) in [4.78, 5) is 15.9. The van der Waals surface area contributed by atoms with Crippen LogP contribution in [0.4, 0.5) is 35.1 Å². The van der Waals surface area contributed by atoms with Gasteiger partial charge < -0.3 is 4.90 Å². The fraction of sp³-hybridized carbons (Fsp3) is 0.312. The highest BCUT2D eigenvalue weighted by Gasteiger charge is 2.45. The highest BCUT2D eigenvalue weighted by Crippen LogP contribution is 2.38. The number of carbonyl (C=O) groups excluding carboxylic acids is 1. The molecule has 1 aromatic carbocycles. The van der Waals surface area contributed by atoms with Crippen molar-refractivity contribution in [3.8, 4) is 11.4 Å². The number of halogens is 8. The van der Waals surface area contributed by atoms with E-state index in [0.29, 0.717) is 15.8 Å². The third-order valence-corrected chi connectivity index (χ3v) is 3.64. The van der Waals surface area contributed by atoms with Crippen LogP contribution in [0.2, 0.25) is 0 Å². The van der Waals surface area contributed by atoms with Crippen LogP contribution in [0.5, 0.6) is 0 Å². The molecule has 1 aliphatic heterocycles. The number of nitrogens with zero attached hydrogens (tertiary/aromatic N) is 4. The Labute approximate surface area is 161 Å². The molecular formula is C16H10F8N4O. The van der Waals surface area contributed by atoms with Gasteiger partial charge in [0.2, 0.25) is 5.91 Å². The van der Waals surface area contributed by atoms with E-state index in [2.05, 4.69) is 10.1 Å². The lowest BCUT2D eigenvalue weighted by atomic mass is 10.0. The van der Waals surface area contributed by atoms with Crippen LogP contribution in [0.15, 0.2) is 30.5 Å². The van der Waals surface area contributed by atoms with E-state index in [1.165, 1.54) is 0 Å². The molecule has 2 aromatic rings. The molecular weight excluding hydrogens is 416 g/mol. The average molecular weight is 429 g/mol. The number of amides is 1. The Balaban J connectivity index is 2.00. The van der Waals surface area contributed by atoms with Gasteiger partial charge in [0.15, 0.2) is 5.82 Å². The minimum absolute atomic E-state index is 0.204. The first-order valence-corrected chi connectivity index (χ1v) is 7.58. The Morgan fingerprint density at radius 1 is 1.14 bits per heavy atom. The number of carbonyl (C=O) groups is 1. The third-order valence-electron chi connectivity index (χ3n) is 3.64. The average Bonchev–Trinajstić information content (AvgIpc) is 2.97. The maximum atomic E-state index is 13.1. The van der Waals surface area contributed by atoms with Crippen LogP contribution in [-0.4, -0.2) is 44.6 Å². The summed E-state index contributed by atoms with van der Waals surface area (Å²) >= 11 is 0. The lowest BCUT2D eigenvalue weighted by molar-refractivity contribution is -0.160. The Kier molecular flexibility index (Phi) is 3.97. The molecule has 0 unspecified atom stereocenters. The topological polar surface area (TPSA) is 51.0 Å². The van der Waals surface area contributed by atoms with Gasteiger partial charge in [-0.3, -0.25) is 4.79 Å². The number of rotatable bonds is 3. The molecule has 156 valence electrons. The summed E-state index contributed by atoms with van der Waals surface area (Å²) < 4.78 is 127. The fourth-order valence-electron chi connectivity index (χ4n) is 2.29. The molecule has 1 aromatic heterocycles. The van der Waals surface area contributed by atoms with Gasteiger partial charge in [0.05, 0.1) is 27.0 Å². The van der Waals surface area contributed by atoms with E-state index in [9.17, 15) is 39.9 Å². The second-order valence-corrected chi connectivity index (χ2v) is 5.96. The Hall–Kier alpha value is -2.99. The molecule has 3 rings (SSSR count). The molecule has 2 heterocycles. The van der Waals surface area contributed by atoms with Crippen LogP contribution in [0.25, 0.3) is 17.6 Å². The molecule has 0 N–H and O–H groups in total. The Morgan fingerprint density at radius 2 is 1.69 bits per heavy atom. The van der Waals surface area contributed by atoms with Crippen molar-refractivity contribution in [1.82, 2.24) is 19.7 Å². The van der Waals surface area contributed by atoms with E-state index in [0.717, 1.165) is 0 Å². The summed E-state index contributed by atoms with van der Waals surface area (Å²) in [7, 11) is 0. The van der Waals surface area contributed by atoms with Crippen molar-refractivity contribution >= 4 is 12.1 Å². The molecule has 0 radical (unpaired) electrons. The van der Waals surface area contributed by atoms with Crippen molar-refractivity contribution in [2.45, 2.75) is 18.3 Å². The molecule has 0 spiro atoms. The second kappa shape index (κ2) is 6.81. The third kappa shape index (κ3) is 4.71. The zero-order chi connectivity index (χ0) is 24.2. The molecule has 29 heavy (non-hydrogen) atoms. The summed E-state index contributed by atoms with van der Waals surface area (Å²) in [6, 6.07) is -2.31. The fourth-order valence-corrected chi connectivity index (χ4v) is 2.29. The van der Waals surface area contributed by atoms with Gasteiger partial charge in [-0.15, -0.1) is 5.10 Å². The molecule has 1 fully saturated rings. The van der Waals surface area contributed by atoms with E-state index in [1.54, 1.807) is 0 Å². The number of alkyl halides is 8. The first-order valence-electron chi connectivity index (χ1n) is 9.08. The predicted octanol–water partition coefficient (Wildman–Crippen LogP) is 3.93. The van der Waals surface area contributed by atoms with Gasteiger partial charge in [0.1, 0.15) is 7.67 Å². The summed E-state index contributed by atoms with van der Waals surface area (Å²) in [5.41, 5.74) is -4.63. The normalized spacial score (nSPS) is 18.7. The van der Waals surface area contributed by atoms with Crippen molar-refractivity contribution in [2.24, 2.45) is 0 Å². The zero-order valence-corrected chi connectivity index (χ0v) is 13.9. The molecule has 0 aliphatic carbocycles. The van der Waals surface area contributed by atoms with E-state index in [-0.39, 0.29) is 12.1 Å². The van der Waals surface area contributed by atoms with Crippen LogP contribution in [0.1, 0.15) is 15.2 Å². The second-order valence-electron chi connectivity index (χ2n) is 5.96. The molecule has 1 aliphatic rings. The van der Waals surface area contributed by atoms with Crippen molar-refractivity contribution in [1.29, 1.82) is 0 Å². The van der Waals surface area contributed by atoms with Crippen LogP contribution in [0, 0.1) is 0 Å². The van der Waals surface area contributed by atoms with Gasteiger partial charge >= 0.3 is 12.4 Å². The van der Waals surface area contributed by atoms with Crippen LogP contribution < -0.4 is 0 Å². The minimum Gasteiger partial charge on any atom is -0.327 e. The Morgan fingerprint density at radius 3 is 2.17 bits per heavy atom. The number of hydrogen-bond acceptors (Lipinski definition) is 3. The molecule has 1 amide bonds. The number of hydrogen-bond donors (Lipinski definition) is 0. The Bertz CT molecular complexity index is 1070. The van der Waals surface area contributed by atoms with E-state index in [4.69, 9.17) is 4.11 Å². The summed E-state index contributed by atoms with van der Waals surface area (Å²) in [6.45, 7) is -1.86. The van der Waals surface area contributed by atoms with Crippen LogP contribution in [0.3, 0.4) is 0 Å². The molecule has 0 atom stereocenters. The lowest BCUT2D eigenvalue weighted by Gasteiger charge is -2.37. The van der Waals surface area contributed by atoms with E-state index in [1.807, 2.05) is 0 Å². The van der Waals surface area contributed by atoms with Gasteiger partial charge in [-0.2, -0.15) is 26.3 Å². The molecule has 5 nitrogen and oxygen atoms in total. The summed E-state index contributed by atoms with van der Waals surface area (Å²) in [5.74, 6) is -5.03. The lowest BCUT2D eigenvalue weighted by Crippen LogP contribution is -2.58. The maximum absolute atomic E-state index is 13.1. The minimum atomic E-state index is -5.31. The number of benzene rings is 1. The maximum Gasteiger partial charge on any atom is 0.416 e. The highest BCUT2D eigenvalue weighted by molar-refractivity contribution is 5.90. The first-order chi connectivity index (χ1) is 14.5. The largest absolute Gasteiger partial charge is 0.416 e. The van der Waals surface area contributed by atoms with Crippen molar-refractivity contribution < 1.29 is 44.0 Å². The number of aromatic nitrogens is 3. The van der Waals surface area contributed by atoms with Crippen molar-refractivity contribution in [3.63, 3.8) is 0 Å². The smallest absolute Gasteiger partial charge is 0.327 e. The van der Waals surface area contributed by atoms with Gasteiger partial charge in [-0.25, -0.2) is 18.4 Å². The molecule has 1 saturated heterocycles. The molecule has 0 bridgehead atoms. The van der Waals surface area contributed by atoms with E-state index >= 15 is 0 Å². The predicted molar refractivity (Wildman–Crippen MR) is 82.3 cm³/mol. The summed E-state index contributed by atoms with van der Waals surface area (Å²) in [5, 5.41) is 3.52. The van der Waals surface area contributed by atoms with Gasteiger partial charge in [-0.05, 0) is 18.2 Å². The quantitative estimate of drug-likeness (QED) is 0.549.